The predicted molar refractivity (Wildman–Crippen MR) is 146 cm³/mol. The Morgan fingerprint density at radius 3 is 2.73 bits per heavy atom. The summed E-state index contributed by atoms with van der Waals surface area (Å²) in [6, 6.07) is 18.0. The molecule has 9 heteroatoms. The lowest BCUT2D eigenvalue weighted by Gasteiger charge is -2.48. The number of alkyl halides is 1. The minimum atomic E-state index is -0.483. The van der Waals surface area contributed by atoms with Gasteiger partial charge in [-0.2, -0.15) is 0 Å². The average Bonchev–Trinajstić information content (AvgIpc) is 3.36. The summed E-state index contributed by atoms with van der Waals surface area (Å²) in [5, 5.41) is 13.8. The number of hydrogen-bond donors (Lipinski definition) is 2. The van der Waals surface area contributed by atoms with Crippen molar-refractivity contribution in [2.24, 2.45) is 5.41 Å². The number of pyridine rings is 1. The molecule has 5 aromatic rings. The number of thiazole rings is 1. The minimum absolute atomic E-state index is 0.0826. The zero-order valence-corrected chi connectivity index (χ0v) is 21.2. The number of aromatic nitrogens is 2. The van der Waals surface area contributed by atoms with E-state index in [2.05, 4.69) is 15.3 Å². The minimum Gasteiger partial charge on any atom is -0.396 e. The first kappa shape index (κ1) is 23.8. The first-order valence-electron chi connectivity index (χ1n) is 11.7. The number of nitrogens with one attached hydrogen (secondary N) is 1. The van der Waals surface area contributed by atoms with Crippen LogP contribution in [0.2, 0.25) is 0 Å². The number of nitrogens with zero attached hydrogens (tertiary/aromatic N) is 3. The Bertz CT molecular complexity index is 1640. The van der Waals surface area contributed by atoms with Gasteiger partial charge in [-0.25, -0.2) is 9.37 Å². The topological polar surface area (TPSA) is 78.4 Å². The maximum absolute atomic E-state index is 15.3. The van der Waals surface area contributed by atoms with Crippen LogP contribution in [-0.4, -0.2) is 51.5 Å². The summed E-state index contributed by atoms with van der Waals surface area (Å²) >= 11 is 7.53. The van der Waals surface area contributed by atoms with Gasteiger partial charge in [-0.15, -0.1) is 22.9 Å². The van der Waals surface area contributed by atoms with E-state index in [0.29, 0.717) is 24.2 Å². The number of rotatable bonds is 6. The van der Waals surface area contributed by atoms with Gasteiger partial charge in [-0.3, -0.25) is 9.78 Å². The van der Waals surface area contributed by atoms with E-state index in [1.807, 2.05) is 48.0 Å². The van der Waals surface area contributed by atoms with E-state index < -0.39 is 11.2 Å². The Morgan fingerprint density at radius 2 is 1.95 bits per heavy atom. The molecule has 3 aromatic carbocycles. The summed E-state index contributed by atoms with van der Waals surface area (Å²) in [6.07, 6.45) is 1.73. The van der Waals surface area contributed by atoms with Crippen LogP contribution in [0.25, 0.3) is 32.2 Å². The molecule has 0 radical (unpaired) electrons. The van der Waals surface area contributed by atoms with Gasteiger partial charge in [0.25, 0.3) is 5.91 Å². The van der Waals surface area contributed by atoms with Crippen molar-refractivity contribution in [3.63, 3.8) is 0 Å². The summed E-state index contributed by atoms with van der Waals surface area (Å²) in [5.41, 5.74) is 6.15. The number of aliphatic hydroxyl groups is 1. The molecule has 186 valence electrons. The van der Waals surface area contributed by atoms with E-state index in [1.54, 1.807) is 34.6 Å². The lowest BCUT2D eigenvalue weighted by atomic mass is 9.82. The molecule has 6 nitrogen and oxygen atoms in total. The first-order chi connectivity index (χ1) is 18.0. The molecule has 1 saturated heterocycles. The van der Waals surface area contributed by atoms with Gasteiger partial charge in [0.2, 0.25) is 0 Å². The monoisotopic (exact) mass is 532 g/mol. The Balaban J connectivity index is 1.28. The number of benzene rings is 3. The number of hydrogen-bond acceptors (Lipinski definition) is 6. The van der Waals surface area contributed by atoms with Crippen molar-refractivity contribution in [1.29, 1.82) is 0 Å². The molecule has 3 heterocycles. The fourth-order valence-electron chi connectivity index (χ4n) is 4.71. The third-order valence-corrected chi connectivity index (χ3v) is 8.21. The highest BCUT2D eigenvalue weighted by Gasteiger charge is 2.44. The van der Waals surface area contributed by atoms with Crippen LogP contribution in [0.15, 0.2) is 72.4 Å². The van der Waals surface area contributed by atoms with Crippen LogP contribution in [0.3, 0.4) is 0 Å². The lowest BCUT2D eigenvalue weighted by molar-refractivity contribution is -0.0130. The summed E-state index contributed by atoms with van der Waals surface area (Å²) in [4.78, 5) is 23.2. The SMILES string of the molecule is O=C(c1ccc(-c2ccc3nccc(Nc4ccc5scnc5c4)c3c2)c(F)c1)N1CC(CO)(CCl)C1. The second-order valence-electron chi connectivity index (χ2n) is 9.40. The highest BCUT2D eigenvalue weighted by Crippen LogP contribution is 2.34. The molecule has 1 amide bonds. The molecule has 1 fully saturated rings. The summed E-state index contributed by atoms with van der Waals surface area (Å²) in [6.45, 7) is 0.636. The fraction of sp³-hybridized carbons (Fsp3) is 0.179. The van der Waals surface area contributed by atoms with Crippen LogP contribution in [-0.2, 0) is 0 Å². The fourth-order valence-corrected chi connectivity index (χ4v) is 5.62. The molecule has 0 saturated carbocycles. The zero-order chi connectivity index (χ0) is 25.6. The quantitative estimate of drug-likeness (QED) is 0.260. The number of likely N-dealkylation sites (tertiary alicyclic amines) is 1. The maximum atomic E-state index is 15.3. The average molecular weight is 533 g/mol. The number of fused-ring (bicyclic) bond motifs is 2. The molecule has 6 rings (SSSR count). The van der Waals surface area contributed by atoms with Gasteiger partial charge in [-0.05, 0) is 54.1 Å². The van der Waals surface area contributed by atoms with Crippen LogP contribution in [0.1, 0.15) is 10.4 Å². The van der Waals surface area contributed by atoms with E-state index >= 15 is 4.39 Å². The Labute approximate surface area is 221 Å². The lowest BCUT2D eigenvalue weighted by Crippen LogP contribution is -2.61. The molecule has 0 aliphatic carbocycles. The van der Waals surface area contributed by atoms with E-state index in [-0.39, 0.29) is 24.0 Å². The van der Waals surface area contributed by atoms with E-state index in [0.717, 1.165) is 32.5 Å². The van der Waals surface area contributed by atoms with Crippen LogP contribution < -0.4 is 5.32 Å². The summed E-state index contributed by atoms with van der Waals surface area (Å²) in [7, 11) is 0. The molecule has 0 bridgehead atoms. The maximum Gasteiger partial charge on any atom is 0.254 e. The van der Waals surface area contributed by atoms with E-state index in [4.69, 9.17) is 11.6 Å². The molecule has 0 spiro atoms. The number of anilines is 2. The summed E-state index contributed by atoms with van der Waals surface area (Å²) < 4.78 is 16.4. The number of aliphatic hydroxyl groups excluding tert-OH is 1. The van der Waals surface area contributed by atoms with Crippen molar-refractivity contribution in [3.05, 3.63) is 83.8 Å². The van der Waals surface area contributed by atoms with Crippen molar-refractivity contribution >= 4 is 61.3 Å². The largest absolute Gasteiger partial charge is 0.396 e. The van der Waals surface area contributed by atoms with Gasteiger partial charge in [0.05, 0.1) is 27.9 Å². The Hall–Kier alpha value is -3.59. The van der Waals surface area contributed by atoms with Crippen molar-refractivity contribution < 1.29 is 14.3 Å². The molecular formula is C28H22ClFN4O2S. The van der Waals surface area contributed by atoms with Gasteiger partial charge in [0, 0.05) is 58.5 Å². The van der Waals surface area contributed by atoms with Gasteiger partial charge < -0.3 is 15.3 Å². The summed E-state index contributed by atoms with van der Waals surface area (Å²) in [5.74, 6) is -0.483. The van der Waals surface area contributed by atoms with Crippen LogP contribution >= 0.6 is 22.9 Å². The van der Waals surface area contributed by atoms with Crippen LogP contribution in [0.4, 0.5) is 15.8 Å². The number of carbonyl (C=O) groups excluding carboxylic acids is 1. The Morgan fingerprint density at radius 1 is 1.08 bits per heavy atom. The smallest absolute Gasteiger partial charge is 0.254 e. The predicted octanol–water partition coefficient (Wildman–Crippen LogP) is 6.07. The standard InChI is InChI=1S/C28H22ClFN4O2S/c29-12-28(15-35)13-34(14-28)27(36)18-1-4-20(22(30)10-18)17-2-5-23-21(9-17)24(7-8-31-23)33-19-3-6-26-25(11-19)32-16-37-26/h1-11,16,35H,12-15H2,(H,31,33). The van der Waals surface area contributed by atoms with Crippen molar-refractivity contribution in [2.75, 3.05) is 30.9 Å². The molecule has 2 aromatic heterocycles. The second-order valence-corrected chi connectivity index (χ2v) is 10.6. The highest BCUT2D eigenvalue weighted by atomic mass is 35.5. The highest BCUT2D eigenvalue weighted by molar-refractivity contribution is 7.16. The van der Waals surface area contributed by atoms with Crippen LogP contribution in [0, 0.1) is 11.2 Å². The third-order valence-electron chi connectivity index (χ3n) is 6.84. The van der Waals surface area contributed by atoms with Gasteiger partial charge in [0.1, 0.15) is 5.82 Å². The molecular weight excluding hydrogens is 511 g/mol. The zero-order valence-electron chi connectivity index (χ0n) is 19.6. The Kier molecular flexibility index (Phi) is 6.03. The third kappa shape index (κ3) is 4.31. The molecule has 1 aliphatic heterocycles. The molecule has 0 unspecified atom stereocenters. The number of carbonyl (C=O) groups is 1. The number of halogens is 2. The normalized spacial score (nSPS) is 14.6. The van der Waals surface area contributed by atoms with Crippen LogP contribution in [0.5, 0.6) is 0 Å². The van der Waals surface area contributed by atoms with Crippen molar-refractivity contribution in [2.45, 2.75) is 0 Å². The van der Waals surface area contributed by atoms with E-state index in [9.17, 15) is 9.90 Å². The van der Waals surface area contributed by atoms with Gasteiger partial charge in [-0.1, -0.05) is 12.1 Å². The second kappa shape index (κ2) is 9.37. The van der Waals surface area contributed by atoms with Gasteiger partial charge in [0.15, 0.2) is 0 Å². The molecule has 2 N–H and O–H groups in total. The van der Waals surface area contributed by atoms with Gasteiger partial charge >= 0.3 is 0 Å². The van der Waals surface area contributed by atoms with Crippen molar-refractivity contribution in [1.82, 2.24) is 14.9 Å². The van der Waals surface area contributed by atoms with E-state index in [1.165, 1.54) is 6.07 Å². The molecule has 37 heavy (non-hydrogen) atoms. The van der Waals surface area contributed by atoms with Crippen molar-refractivity contribution in [3.8, 4) is 11.1 Å². The number of amides is 1. The first-order valence-corrected chi connectivity index (χ1v) is 13.2. The molecule has 0 atom stereocenters. The molecule has 1 aliphatic rings.